The summed E-state index contributed by atoms with van der Waals surface area (Å²) in [5, 5.41) is 9.38. The second kappa shape index (κ2) is 3.20. The van der Waals surface area contributed by atoms with Gasteiger partial charge in [0.2, 0.25) is 0 Å². The van der Waals surface area contributed by atoms with Crippen molar-refractivity contribution in [2.75, 3.05) is 0 Å². The summed E-state index contributed by atoms with van der Waals surface area (Å²) in [4.78, 5) is 0. The number of unbranched alkanes of at least 4 members (excludes halogenated alkanes) is 1. The van der Waals surface area contributed by atoms with Crippen LogP contribution in [0.2, 0.25) is 0 Å². The first-order chi connectivity index (χ1) is 4.77. The standard InChI is InChI=1S/C9H16O/c1-2-3-4-5-6-9(10)7-8-9/h4-5,10H,2-3,6-8H2,1H3/b5-4+. The molecule has 0 radical (unpaired) electrons. The Kier molecular flexibility index (Phi) is 2.50. The molecule has 1 heteroatoms. The summed E-state index contributed by atoms with van der Waals surface area (Å²) in [7, 11) is 0. The highest BCUT2D eigenvalue weighted by molar-refractivity contribution is 5.00. The summed E-state index contributed by atoms with van der Waals surface area (Å²) >= 11 is 0. The van der Waals surface area contributed by atoms with Crippen molar-refractivity contribution in [3.05, 3.63) is 12.2 Å². The van der Waals surface area contributed by atoms with E-state index in [1.54, 1.807) is 0 Å². The molecular formula is C9H16O. The average molecular weight is 140 g/mol. The molecule has 1 rings (SSSR count). The molecule has 1 saturated carbocycles. The Morgan fingerprint density at radius 1 is 1.40 bits per heavy atom. The van der Waals surface area contributed by atoms with Gasteiger partial charge >= 0.3 is 0 Å². The predicted octanol–water partition coefficient (Wildman–Crippen LogP) is 2.26. The summed E-state index contributed by atoms with van der Waals surface area (Å²) in [6, 6.07) is 0. The average Bonchev–Trinajstić information content (AvgIpc) is 2.62. The summed E-state index contributed by atoms with van der Waals surface area (Å²) in [6.45, 7) is 2.16. The van der Waals surface area contributed by atoms with Gasteiger partial charge in [-0.05, 0) is 25.7 Å². The van der Waals surface area contributed by atoms with Gasteiger partial charge in [-0.25, -0.2) is 0 Å². The third kappa shape index (κ3) is 2.53. The van der Waals surface area contributed by atoms with Crippen molar-refractivity contribution in [3.63, 3.8) is 0 Å². The largest absolute Gasteiger partial charge is 0.390 e. The van der Waals surface area contributed by atoms with Gasteiger partial charge in [0.1, 0.15) is 0 Å². The molecule has 58 valence electrons. The normalized spacial score (nSPS) is 21.8. The monoisotopic (exact) mass is 140 g/mol. The zero-order valence-corrected chi connectivity index (χ0v) is 6.64. The lowest BCUT2D eigenvalue weighted by Gasteiger charge is -1.99. The lowest BCUT2D eigenvalue weighted by molar-refractivity contribution is 0.154. The molecule has 0 heterocycles. The maximum atomic E-state index is 9.38. The molecule has 0 spiro atoms. The third-order valence-electron chi connectivity index (χ3n) is 1.95. The van der Waals surface area contributed by atoms with Gasteiger partial charge in [-0.2, -0.15) is 0 Å². The van der Waals surface area contributed by atoms with Crippen LogP contribution in [-0.4, -0.2) is 10.7 Å². The van der Waals surface area contributed by atoms with E-state index in [1.165, 1.54) is 6.42 Å². The van der Waals surface area contributed by atoms with Crippen LogP contribution in [0.15, 0.2) is 12.2 Å². The predicted molar refractivity (Wildman–Crippen MR) is 42.8 cm³/mol. The van der Waals surface area contributed by atoms with Gasteiger partial charge in [0.05, 0.1) is 5.60 Å². The van der Waals surface area contributed by atoms with Crippen LogP contribution in [-0.2, 0) is 0 Å². The van der Waals surface area contributed by atoms with Gasteiger partial charge in [-0.1, -0.05) is 25.5 Å². The highest BCUT2D eigenvalue weighted by Gasteiger charge is 2.38. The van der Waals surface area contributed by atoms with Gasteiger partial charge in [-0.3, -0.25) is 0 Å². The molecule has 0 aliphatic heterocycles. The summed E-state index contributed by atoms with van der Waals surface area (Å²) < 4.78 is 0. The van der Waals surface area contributed by atoms with Crippen molar-refractivity contribution in [2.45, 2.75) is 44.6 Å². The lowest BCUT2D eigenvalue weighted by atomic mass is 10.2. The van der Waals surface area contributed by atoms with Crippen molar-refractivity contribution in [2.24, 2.45) is 0 Å². The minimum Gasteiger partial charge on any atom is -0.390 e. The van der Waals surface area contributed by atoms with Crippen LogP contribution in [0.25, 0.3) is 0 Å². The Morgan fingerprint density at radius 2 is 2.10 bits per heavy atom. The molecule has 0 bridgehead atoms. The van der Waals surface area contributed by atoms with Crippen molar-refractivity contribution >= 4 is 0 Å². The third-order valence-corrected chi connectivity index (χ3v) is 1.95. The van der Waals surface area contributed by atoms with Crippen LogP contribution in [0.3, 0.4) is 0 Å². The second-order valence-corrected chi connectivity index (χ2v) is 3.19. The molecule has 0 atom stereocenters. The van der Waals surface area contributed by atoms with Crippen LogP contribution >= 0.6 is 0 Å². The Bertz CT molecular complexity index is 123. The van der Waals surface area contributed by atoms with E-state index in [1.807, 2.05) is 0 Å². The van der Waals surface area contributed by atoms with Gasteiger partial charge in [-0.15, -0.1) is 0 Å². The van der Waals surface area contributed by atoms with Gasteiger partial charge < -0.3 is 5.11 Å². The maximum absolute atomic E-state index is 9.38. The van der Waals surface area contributed by atoms with E-state index >= 15 is 0 Å². The zero-order valence-electron chi connectivity index (χ0n) is 6.64. The maximum Gasteiger partial charge on any atom is 0.0684 e. The van der Waals surface area contributed by atoms with Crippen LogP contribution in [0.5, 0.6) is 0 Å². The van der Waals surface area contributed by atoms with E-state index in [-0.39, 0.29) is 5.60 Å². The van der Waals surface area contributed by atoms with E-state index in [0.29, 0.717) is 0 Å². The molecule has 0 unspecified atom stereocenters. The molecule has 0 aromatic carbocycles. The minimum absolute atomic E-state index is 0.287. The van der Waals surface area contributed by atoms with E-state index in [4.69, 9.17) is 0 Å². The fraction of sp³-hybridized carbons (Fsp3) is 0.778. The lowest BCUT2D eigenvalue weighted by Crippen LogP contribution is -2.02. The van der Waals surface area contributed by atoms with Crippen molar-refractivity contribution in [1.29, 1.82) is 0 Å². The molecule has 1 nitrogen and oxygen atoms in total. The second-order valence-electron chi connectivity index (χ2n) is 3.19. The summed E-state index contributed by atoms with van der Waals surface area (Å²) in [5.74, 6) is 0. The molecule has 0 amide bonds. The summed E-state index contributed by atoms with van der Waals surface area (Å²) in [5.41, 5.74) is -0.287. The van der Waals surface area contributed by atoms with Crippen LogP contribution in [0, 0.1) is 0 Å². The van der Waals surface area contributed by atoms with E-state index in [2.05, 4.69) is 19.1 Å². The topological polar surface area (TPSA) is 20.2 Å². The van der Waals surface area contributed by atoms with Gasteiger partial charge in [0.15, 0.2) is 0 Å². The fourth-order valence-corrected chi connectivity index (χ4v) is 0.936. The van der Waals surface area contributed by atoms with Gasteiger partial charge in [0.25, 0.3) is 0 Å². The van der Waals surface area contributed by atoms with Crippen molar-refractivity contribution in [3.8, 4) is 0 Å². The number of rotatable bonds is 4. The quantitative estimate of drug-likeness (QED) is 0.594. The molecular weight excluding hydrogens is 124 g/mol. The Morgan fingerprint density at radius 3 is 2.60 bits per heavy atom. The van der Waals surface area contributed by atoms with Crippen molar-refractivity contribution in [1.82, 2.24) is 0 Å². The molecule has 1 fully saturated rings. The van der Waals surface area contributed by atoms with E-state index < -0.39 is 0 Å². The summed E-state index contributed by atoms with van der Waals surface area (Å²) in [6.07, 6.45) is 9.50. The van der Waals surface area contributed by atoms with Crippen LogP contribution < -0.4 is 0 Å². The first-order valence-electron chi connectivity index (χ1n) is 4.14. The first kappa shape index (κ1) is 7.80. The number of allylic oxidation sites excluding steroid dienone is 1. The number of hydrogen-bond acceptors (Lipinski definition) is 1. The highest BCUT2D eigenvalue weighted by atomic mass is 16.3. The zero-order chi connectivity index (χ0) is 7.45. The first-order valence-corrected chi connectivity index (χ1v) is 4.14. The van der Waals surface area contributed by atoms with Crippen molar-refractivity contribution < 1.29 is 5.11 Å². The highest BCUT2D eigenvalue weighted by Crippen LogP contribution is 2.38. The Balaban J connectivity index is 2.04. The Labute approximate surface area is 62.8 Å². The molecule has 1 aliphatic rings. The molecule has 0 saturated heterocycles. The molecule has 1 N–H and O–H groups in total. The van der Waals surface area contributed by atoms with Gasteiger partial charge in [0, 0.05) is 0 Å². The molecule has 0 aromatic heterocycles. The van der Waals surface area contributed by atoms with Crippen LogP contribution in [0.1, 0.15) is 39.0 Å². The van der Waals surface area contributed by atoms with E-state index in [0.717, 1.165) is 25.7 Å². The molecule has 1 aliphatic carbocycles. The molecule has 0 aromatic rings. The Hall–Kier alpha value is -0.300. The fourth-order valence-electron chi connectivity index (χ4n) is 0.936. The SMILES string of the molecule is CCC/C=C/CC1(O)CC1. The van der Waals surface area contributed by atoms with Crippen LogP contribution in [0.4, 0.5) is 0 Å². The number of hydrogen-bond donors (Lipinski definition) is 1. The minimum atomic E-state index is -0.287. The smallest absolute Gasteiger partial charge is 0.0684 e. The molecule has 10 heavy (non-hydrogen) atoms. The van der Waals surface area contributed by atoms with E-state index in [9.17, 15) is 5.11 Å². The number of aliphatic hydroxyl groups is 1.